The smallest absolute Gasteiger partial charge is 0.180 e. The summed E-state index contributed by atoms with van der Waals surface area (Å²) >= 11 is 0. The molecule has 37 heavy (non-hydrogen) atoms. The lowest BCUT2D eigenvalue weighted by Gasteiger charge is -2.45. The summed E-state index contributed by atoms with van der Waals surface area (Å²) in [6, 6.07) is 8.82. The predicted octanol–water partition coefficient (Wildman–Crippen LogP) is 3.49. The Bertz CT molecular complexity index is 1180. The zero-order valence-corrected chi connectivity index (χ0v) is 22.4. The Kier molecular flexibility index (Phi) is 7.62. The van der Waals surface area contributed by atoms with Gasteiger partial charge in [-0.1, -0.05) is 0 Å². The van der Waals surface area contributed by atoms with Crippen LogP contribution in [0.1, 0.15) is 33.6 Å². The second-order valence-corrected chi connectivity index (χ2v) is 10.4. The second-order valence-electron chi connectivity index (χ2n) is 10.4. The van der Waals surface area contributed by atoms with Gasteiger partial charge in [-0.15, -0.1) is 0 Å². The molecule has 1 N–H and O–H groups in total. The standard InChI is InChI=1S/C27H38N6O4/c1-18-14-32(15-19(2)33(18)10-11-36-16-25(34-4)35-5)24-13-23(28-17-29-24)26-21-12-20(37-27(3)8-9-27)6-7-22(21)30-31-26/h6-7,12-13,17-19,25H,8-11,14-16H2,1-5H3,(H,30,31)/t18-,19?/m0/s1. The lowest BCUT2D eigenvalue weighted by atomic mass is 10.1. The van der Waals surface area contributed by atoms with Crippen molar-refractivity contribution in [2.45, 2.75) is 57.6 Å². The van der Waals surface area contributed by atoms with E-state index in [1.165, 1.54) is 0 Å². The molecule has 3 heterocycles. The molecule has 5 rings (SSSR count). The lowest BCUT2D eigenvalue weighted by molar-refractivity contribution is -0.141. The van der Waals surface area contributed by atoms with E-state index in [1.807, 2.05) is 18.2 Å². The minimum atomic E-state index is -0.328. The molecule has 1 saturated carbocycles. The summed E-state index contributed by atoms with van der Waals surface area (Å²) in [7, 11) is 3.24. The van der Waals surface area contributed by atoms with Crippen LogP contribution in [0.25, 0.3) is 22.3 Å². The van der Waals surface area contributed by atoms with Crippen LogP contribution in [0.2, 0.25) is 0 Å². The quantitative estimate of drug-likeness (QED) is 0.307. The fourth-order valence-corrected chi connectivity index (χ4v) is 5.03. The van der Waals surface area contributed by atoms with Gasteiger partial charge in [0.1, 0.15) is 29.2 Å². The summed E-state index contributed by atoms with van der Waals surface area (Å²) in [5.74, 6) is 1.78. The number of hydrogen-bond donors (Lipinski definition) is 1. The number of fused-ring (bicyclic) bond motifs is 1. The molecule has 10 nitrogen and oxygen atoms in total. The van der Waals surface area contributed by atoms with Crippen LogP contribution < -0.4 is 9.64 Å². The second kappa shape index (κ2) is 10.9. The van der Waals surface area contributed by atoms with Crippen LogP contribution in [-0.2, 0) is 14.2 Å². The van der Waals surface area contributed by atoms with Gasteiger partial charge in [0.2, 0.25) is 0 Å². The number of benzene rings is 1. The Morgan fingerprint density at radius 2 is 1.84 bits per heavy atom. The lowest BCUT2D eigenvalue weighted by Crippen LogP contribution is -2.57. The molecule has 10 heteroatoms. The van der Waals surface area contributed by atoms with Crippen molar-refractivity contribution in [3.8, 4) is 17.1 Å². The SMILES string of the molecule is COC(COCCN1C(C)CN(c2cc(-c3n[nH]c4ccc(OC5(C)CC5)cc34)ncn2)C[C@@H]1C)OC. The highest BCUT2D eigenvalue weighted by molar-refractivity contribution is 5.93. The van der Waals surface area contributed by atoms with Gasteiger partial charge in [0.25, 0.3) is 0 Å². The highest BCUT2D eigenvalue weighted by Gasteiger charge is 2.40. The van der Waals surface area contributed by atoms with Gasteiger partial charge >= 0.3 is 0 Å². The van der Waals surface area contributed by atoms with Gasteiger partial charge in [-0.25, -0.2) is 9.97 Å². The van der Waals surface area contributed by atoms with Crippen LogP contribution in [0.15, 0.2) is 30.6 Å². The number of H-pyrrole nitrogens is 1. The maximum atomic E-state index is 6.18. The molecular weight excluding hydrogens is 472 g/mol. The molecule has 2 aliphatic rings. The third-order valence-corrected chi connectivity index (χ3v) is 7.45. The predicted molar refractivity (Wildman–Crippen MR) is 142 cm³/mol. The molecule has 2 atom stereocenters. The molecule has 0 spiro atoms. The first-order valence-corrected chi connectivity index (χ1v) is 13.0. The normalized spacial score (nSPS) is 21.6. The van der Waals surface area contributed by atoms with Crippen molar-refractivity contribution >= 4 is 16.7 Å². The van der Waals surface area contributed by atoms with Crippen LogP contribution in [0.5, 0.6) is 5.75 Å². The van der Waals surface area contributed by atoms with E-state index < -0.39 is 0 Å². The van der Waals surface area contributed by atoms with Crippen molar-refractivity contribution in [3.05, 3.63) is 30.6 Å². The van der Waals surface area contributed by atoms with E-state index in [2.05, 4.69) is 56.8 Å². The van der Waals surface area contributed by atoms with Gasteiger partial charge in [-0.05, 0) is 51.8 Å². The number of methoxy groups -OCH3 is 2. The van der Waals surface area contributed by atoms with E-state index in [0.29, 0.717) is 25.3 Å². The third-order valence-electron chi connectivity index (χ3n) is 7.45. The maximum Gasteiger partial charge on any atom is 0.180 e. The Balaban J connectivity index is 1.26. The van der Waals surface area contributed by atoms with Crippen LogP contribution in [0, 0.1) is 0 Å². The number of anilines is 1. The first kappa shape index (κ1) is 25.8. The van der Waals surface area contributed by atoms with Crippen molar-refractivity contribution in [1.82, 2.24) is 25.1 Å². The first-order valence-electron chi connectivity index (χ1n) is 13.0. The van der Waals surface area contributed by atoms with E-state index >= 15 is 0 Å². The molecule has 1 saturated heterocycles. The fraction of sp³-hybridized carbons (Fsp3) is 0.593. The van der Waals surface area contributed by atoms with E-state index in [0.717, 1.165) is 66.3 Å². The van der Waals surface area contributed by atoms with E-state index in [-0.39, 0.29) is 11.9 Å². The topological polar surface area (TPSA) is 97.9 Å². The van der Waals surface area contributed by atoms with Gasteiger partial charge in [0.15, 0.2) is 6.29 Å². The number of ether oxygens (including phenoxy) is 4. The number of aromatic amines is 1. The molecule has 2 aromatic heterocycles. The number of piperazine rings is 1. The number of nitrogens with one attached hydrogen (secondary N) is 1. The fourth-order valence-electron chi connectivity index (χ4n) is 5.03. The van der Waals surface area contributed by atoms with Gasteiger partial charge < -0.3 is 23.8 Å². The molecule has 2 fully saturated rings. The Morgan fingerprint density at radius 1 is 1.08 bits per heavy atom. The van der Waals surface area contributed by atoms with Crippen LogP contribution >= 0.6 is 0 Å². The molecule has 3 aromatic rings. The molecule has 1 aliphatic heterocycles. The van der Waals surface area contributed by atoms with Gasteiger partial charge in [-0.2, -0.15) is 5.10 Å². The van der Waals surface area contributed by atoms with Crippen molar-refractivity contribution in [1.29, 1.82) is 0 Å². The third kappa shape index (κ3) is 5.87. The summed E-state index contributed by atoms with van der Waals surface area (Å²) in [5, 5.41) is 8.72. The Hall–Kier alpha value is -2.79. The summed E-state index contributed by atoms with van der Waals surface area (Å²) in [6.07, 6.45) is 3.50. The van der Waals surface area contributed by atoms with Gasteiger partial charge in [-0.3, -0.25) is 10.00 Å². The van der Waals surface area contributed by atoms with Crippen LogP contribution in [0.4, 0.5) is 5.82 Å². The molecular formula is C27H38N6O4. The van der Waals surface area contributed by atoms with Crippen molar-refractivity contribution < 1.29 is 18.9 Å². The summed E-state index contributed by atoms with van der Waals surface area (Å²) in [6.45, 7) is 10.3. The summed E-state index contributed by atoms with van der Waals surface area (Å²) < 4.78 is 22.3. The number of aromatic nitrogens is 4. The molecule has 0 bridgehead atoms. The largest absolute Gasteiger partial charge is 0.488 e. The van der Waals surface area contributed by atoms with Crippen molar-refractivity contribution in [2.75, 3.05) is 52.0 Å². The zero-order valence-electron chi connectivity index (χ0n) is 22.4. The summed E-state index contributed by atoms with van der Waals surface area (Å²) in [4.78, 5) is 14.0. The number of rotatable bonds is 11. The van der Waals surface area contributed by atoms with Crippen molar-refractivity contribution in [2.24, 2.45) is 0 Å². The minimum Gasteiger partial charge on any atom is -0.488 e. The average molecular weight is 511 g/mol. The molecule has 0 radical (unpaired) electrons. The van der Waals surface area contributed by atoms with E-state index in [9.17, 15) is 0 Å². The maximum absolute atomic E-state index is 6.18. The summed E-state index contributed by atoms with van der Waals surface area (Å²) in [5.41, 5.74) is 2.54. The van der Waals surface area contributed by atoms with Gasteiger partial charge in [0, 0.05) is 57.4 Å². The zero-order chi connectivity index (χ0) is 26.0. The highest BCUT2D eigenvalue weighted by atomic mass is 16.7. The van der Waals surface area contributed by atoms with E-state index in [1.54, 1.807) is 20.5 Å². The van der Waals surface area contributed by atoms with Gasteiger partial charge in [0.05, 0.1) is 24.4 Å². The molecule has 1 unspecified atom stereocenters. The Labute approximate surface area is 218 Å². The monoisotopic (exact) mass is 510 g/mol. The average Bonchev–Trinajstić information content (AvgIpc) is 3.47. The molecule has 0 amide bonds. The molecule has 200 valence electrons. The molecule has 1 aromatic carbocycles. The van der Waals surface area contributed by atoms with Crippen LogP contribution in [-0.4, -0.2) is 96.1 Å². The van der Waals surface area contributed by atoms with Crippen LogP contribution in [0.3, 0.4) is 0 Å². The minimum absolute atomic E-state index is 0.0302. The molecule has 1 aliphatic carbocycles. The number of nitrogens with zero attached hydrogens (tertiary/aromatic N) is 5. The van der Waals surface area contributed by atoms with E-state index in [4.69, 9.17) is 18.9 Å². The van der Waals surface area contributed by atoms with Crippen molar-refractivity contribution in [3.63, 3.8) is 0 Å². The number of hydrogen-bond acceptors (Lipinski definition) is 9. The first-order chi connectivity index (χ1) is 17.9. The Morgan fingerprint density at radius 3 is 2.54 bits per heavy atom. The highest BCUT2D eigenvalue weighted by Crippen LogP contribution is 2.40.